The van der Waals surface area contributed by atoms with Crippen molar-refractivity contribution in [2.75, 3.05) is 30.9 Å². The zero-order chi connectivity index (χ0) is 20.5. The number of fused-ring (bicyclic) bond motifs is 1. The highest BCUT2D eigenvalue weighted by Gasteiger charge is 2.25. The van der Waals surface area contributed by atoms with Crippen LogP contribution in [-0.2, 0) is 11.1 Å². The number of nitrogens with zero attached hydrogens (tertiary/aromatic N) is 5. The Kier molecular flexibility index (Phi) is 5.40. The maximum atomic E-state index is 10.9. The molecule has 3 aromatic rings. The normalized spacial score (nSPS) is 19.2. The Balaban J connectivity index is 1.35. The van der Waals surface area contributed by atoms with Crippen molar-refractivity contribution in [3.05, 3.63) is 24.5 Å². The third-order valence-electron chi connectivity index (χ3n) is 5.62. The molecule has 1 saturated carbocycles. The van der Waals surface area contributed by atoms with E-state index in [1.54, 1.807) is 10.7 Å². The van der Waals surface area contributed by atoms with Gasteiger partial charge in [0.2, 0.25) is 11.8 Å². The van der Waals surface area contributed by atoms with E-state index in [9.17, 15) is 8.76 Å². The van der Waals surface area contributed by atoms with Gasteiger partial charge in [-0.3, -0.25) is 14.2 Å². The Morgan fingerprint density at radius 3 is 2.80 bits per heavy atom. The fourth-order valence-electron chi connectivity index (χ4n) is 3.76. The molecule has 1 saturated heterocycles. The van der Waals surface area contributed by atoms with Gasteiger partial charge in [0, 0.05) is 36.5 Å². The molecule has 10 nitrogen and oxygen atoms in total. The van der Waals surface area contributed by atoms with Crippen molar-refractivity contribution in [2.24, 2.45) is 5.92 Å². The third-order valence-corrected chi connectivity index (χ3v) is 6.20. The zero-order valence-electron chi connectivity index (χ0n) is 16.5. The molecule has 1 unspecified atom stereocenters. The number of piperidine rings is 1. The summed E-state index contributed by atoms with van der Waals surface area (Å²) in [5, 5.41) is 15.0. The van der Waals surface area contributed by atoms with Crippen molar-refractivity contribution in [2.45, 2.75) is 31.7 Å². The highest BCUT2D eigenvalue weighted by Crippen LogP contribution is 2.34. The molecule has 1 aliphatic heterocycles. The number of ether oxygens (including phenoxy) is 1. The van der Waals surface area contributed by atoms with E-state index in [4.69, 9.17) is 4.74 Å². The Morgan fingerprint density at radius 2 is 2.10 bits per heavy atom. The van der Waals surface area contributed by atoms with Crippen LogP contribution in [0.15, 0.2) is 24.5 Å². The van der Waals surface area contributed by atoms with E-state index >= 15 is 0 Å². The summed E-state index contributed by atoms with van der Waals surface area (Å²) >= 11 is -2.03. The molecule has 4 heterocycles. The second-order valence-electron chi connectivity index (χ2n) is 7.97. The molecule has 5 rings (SSSR count). The standard InChI is InChI=1S/C19H25N7O3S/c27-30(28)12-25-7-5-15(6-8-25)22-19-23-17-4-3-16(14-9-20-21-10-14)18(26(17)24-19)29-11-13-1-2-13/h3-4,9-10,13,15H,1-2,5-8,11-12H2,(H,20,21)(H,22,24)(H,27,28)/p-1. The van der Waals surface area contributed by atoms with Gasteiger partial charge in [-0.1, -0.05) is 0 Å². The summed E-state index contributed by atoms with van der Waals surface area (Å²) in [6.45, 7) is 2.14. The van der Waals surface area contributed by atoms with E-state index in [1.165, 1.54) is 12.8 Å². The number of pyridine rings is 1. The topological polar surface area (TPSA) is 124 Å². The Morgan fingerprint density at radius 1 is 1.27 bits per heavy atom. The summed E-state index contributed by atoms with van der Waals surface area (Å²) in [5.41, 5.74) is 2.58. The Bertz CT molecular complexity index is 1030. The van der Waals surface area contributed by atoms with Crippen molar-refractivity contribution in [1.82, 2.24) is 29.7 Å². The highest BCUT2D eigenvalue weighted by molar-refractivity contribution is 7.79. The van der Waals surface area contributed by atoms with Crippen LogP contribution < -0.4 is 10.1 Å². The Hall–Kier alpha value is -2.50. The summed E-state index contributed by atoms with van der Waals surface area (Å²) in [6, 6.07) is 4.13. The van der Waals surface area contributed by atoms with Crippen molar-refractivity contribution in [3.63, 3.8) is 0 Å². The van der Waals surface area contributed by atoms with Crippen LogP contribution in [0.2, 0.25) is 0 Å². The second kappa shape index (κ2) is 8.32. The molecule has 30 heavy (non-hydrogen) atoms. The maximum Gasteiger partial charge on any atom is 0.243 e. The first-order valence-corrected chi connectivity index (χ1v) is 11.5. The number of aromatic nitrogens is 5. The first-order valence-electron chi connectivity index (χ1n) is 10.2. The van der Waals surface area contributed by atoms with Crippen LogP contribution in [-0.4, -0.2) is 70.1 Å². The molecule has 0 aromatic carbocycles. The van der Waals surface area contributed by atoms with E-state index in [2.05, 4.69) is 25.6 Å². The molecule has 11 heteroatoms. The molecule has 2 N–H and O–H groups in total. The summed E-state index contributed by atoms with van der Waals surface area (Å²) in [6.07, 6.45) is 7.71. The lowest BCUT2D eigenvalue weighted by Gasteiger charge is -2.32. The quantitative estimate of drug-likeness (QED) is 0.517. The maximum absolute atomic E-state index is 10.9. The zero-order valence-corrected chi connectivity index (χ0v) is 17.3. The van der Waals surface area contributed by atoms with E-state index in [1.807, 2.05) is 23.2 Å². The summed E-state index contributed by atoms with van der Waals surface area (Å²) in [5.74, 6) is 1.94. The monoisotopic (exact) mass is 430 g/mol. The van der Waals surface area contributed by atoms with E-state index < -0.39 is 11.1 Å². The SMILES string of the molecule is O=S([O-])CN1CCC(Nc2nc3ccc(-c4cn[nH]c4)c(OCC4CC4)n3n2)CC1. The average molecular weight is 431 g/mol. The van der Waals surface area contributed by atoms with Gasteiger partial charge < -0.3 is 14.6 Å². The Labute approximate surface area is 176 Å². The summed E-state index contributed by atoms with van der Waals surface area (Å²) in [4.78, 5) is 6.57. The van der Waals surface area contributed by atoms with Gasteiger partial charge in [0.15, 0.2) is 5.65 Å². The number of hydrogen-bond acceptors (Lipinski definition) is 8. The van der Waals surface area contributed by atoms with Crippen LogP contribution in [0.4, 0.5) is 5.95 Å². The third kappa shape index (κ3) is 4.32. The minimum Gasteiger partial charge on any atom is -0.771 e. The number of aromatic amines is 1. The van der Waals surface area contributed by atoms with Gasteiger partial charge >= 0.3 is 0 Å². The number of anilines is 1. The largest absolute Gasteiger partial charge is 0.771 e. The van der Waals surface area contributed by atoms with Crippen molar-refractivity contribution < 1.29 is 13.5 Å². The fourth-order valence-corrected chi connectivity index (χ4v) is 4.32. The lowest BCUT2D eigenvalue weighted by molar-refractivity contribution is 0.247. The van der Waals surface area contributed by atoms with E-state index in [-0.39, 0.29) is 11.9 Å². The fraction of sp³-hybridized carbons (Fsp3) is 0.526. The van der Waals surface area contributed by atoms with Crippen LogP contribution in [0.5, 0.6) is 5.88 Å². The van der Waals surface area contributed by atoms with Gasteiger partial charge in [-0.25, -0.2) is 0 Å². The number of hydrogen-bond donors (Lipinski definition) is 2. The number of H-pyrrole nitrogens is 1. The minimum absolute atomic E-state index is 0.0951. The highest BCUT2D eigenvalue weighted by atomic mass is 32.2. The number of nitrogens with one attached hydrogen (secondary N) is 2. The van der Waals surface area contributed by atoms with Crippen molar-refractivity contribution >= 4 is 22.7 Å². The molecule has 160 valence electrons. The number of likely N-dealkylation sites (tertiary alicyclic amines) is 1. The number of rotatable bonds is 8. The van der Waals surface area contributed by atoms with Crippen LogP contribution in [0.1, 0.15) is 25.7 Å². The lowest BCUT2D eigenvalue weighted by Crippen LogP contribution is -2.40. The molecule has 0 radical (unpaired) electrons. The van der Waals surface area contributed by atoms with Gasteiger partial charge in [-0.2, -0.15) is 14.6 Å². The van der Waals surface area contributed by atoms with Crippen LogP contribution in [0.25, 0.3) is 16.8 Å². The molecular formula is C19H24N7O3S-. The first kappa shape index (κ1) is 19.5. The summed E-state index contributed by atoms with van der Waals surface area (Å²) < 4.78 is 29.7. The molecule has 0 amide bonds. The lowest BCUT2D eigenvalue weighted by atomic mass is 10.1. The van der Waals surface area contributed by atoms with Crippen LogP contribution >= 0.6 is 0 Å². The van der Waals surface area contributed by atoms with Gasteiger partial charge in [0.25, 0.3) is 0 Å². The molecule has 0 bridgehead atoms. The van der Waals surface area contributed by atoms with Crippen LogP contribution in [0, 0.1) is 5.92 Å². The second-order valence-corrected chi connectivity index (χ2v) is 8.83. The average Bonchev–Trinajstić information content (AvgIpc) is 3.22. The molecule has 1 aliphatic carbocycles. The first-order chi connectivity index (χ1) is 14.7. The molecule has 2 fully saturated rings. The van der Waals surface area contributed by atoms with Crippen molar-refractivity contribution in [1.29, 1.82) is 0 Å². The minimum atomic E-state index is -2.03. The van der Waals surface area contributed by atoms with Gasteiger partial charge in [-0.15, -0.1) is 5.10 Å². The molecule has 0 spiro atoms. The van der Waals surface area contributed by atoms with Crippen molar-refractivity contribution in [3.8, 4) is 17.0 Å². The van der Waals surface area contributed by atoms with E-state index in [0.717, 1.165) is 42.7 Å². The molecular weight excluding hydrogens is 406 g/mol. The van der Waals surface area contributed by atoms with E-state index in [0.29, 0.717) is 24.4 Å². The molecule has 3 aromatic heterocycles. The summed E-state index contributed by atoms with van der Waals surface area (Å²) in [7, 11) is 0. The molecule has 1 atom stereocenters. The smallest absolute Gasteiger partial charge is 0.243 e. The molecule has 2 aliphatic rings. The van der Waals surface area contributed by atoms with Gasteiger partial charge in [-0.05, 0) is 54.8 Å². The predicted octanol–water partition coefficient (Wildman–Crippen LogP) is 1.62. The van der Waals surface area contributed by atoms with Gasteiger partial charge in [0.05, 0.1) is 18.7 Å². The van der Waals surface area contributed by atoms with Gasteiger partial charge in [0.1, 0.15) is 0 Å². The predicted molar refractivity (Wildman–Crippen MR) is 111 cm³/mol. The van der Waals surface area contributed by atoms with Crippen LogP contribution in [0.3, 0.4) is 0 Å².